The number of hydrogen-bond acceptors (Lipinski definition) is 4. The summed E-state index contributed by atoms with van der Waals surface area (Å²) in [4.78, 5) is 14.2. The van der Waals surface area contributed by atoms with E-state index in [4.69, 9.17) is 4.98 Å². The fourth-order valence-corrected chi connectivity index (χ4v) is 2.81. The van der Waals surface area contributed by atoms with Crippen LogP contribution in [0, 0.1) is 6.92 Å². The van der Waals surface area contributed by atoms with Crippen molar-refractivity contribution in [2.45, 2.75) is 52.9 Å². The van der Waals surface area contributed by atoms with Crippen molar-refractivity contribution in [1.82, 2.24) is 9.97 Å². The molecule has 0 aliphatic carbocycles. The summed E-state index contributed by atoms with van der Waals surface area (Å²) in [5.41, 5.74) is 1.08. The fraction of sp³-hybridized carbons (Fsp3) is 0.750. The van der Waals surface area contributed by atoms with Crippen molar-refractivity contribution in [2.24, 2.45) is 0 Å². The Balaban J connectivity index is 2.21. The van der Waals surface area contributed by atoms with Crippen molar-refractivity contribution in [3.8, 4) is 0 Å². The van der Waals surface area contributed by atoms with Gasteiger partial charge in [-0.15, -0.1) is 0 Å². The minimum atomic E-state index is 0.911. The van der Waals surface area contributed by atoms with E-state index in [1.807, 2.05) is 0 Å². The maximum Gasteiger partial charge on any atom is 0.227 e. The van der Waals surface area contributed by atoms with Gasteiger partial charge in [0.15, 0.2) is 0 Å². The fourth-order valence-electron chi connectivity index (χ4n) is 2.81. The molecule has 0 unspecified atom stereocenters. The van der Waals surface area contributed by atoms with Crippen LogP contribution in [0.3, 0.4) is 0 Å². The van der Waals surface area contributed by atoms with Crippen molar-refractivity contribution >= 4 is 11.8 Å². The largest absolute Gasteiger partial charge is 0.356 e. The third kappa shape index (κ3) is 3.84. The molecule has 2 heterocycles. The van der Waals surface area contributed by atoms with Crippen LogP contribution in [0.5, 0.6) is 0 Å². The average molecular weight is 276 g/mol. The van der Waals surface area contributed by atoms with E-state index in [0.29, 0.717) is 0 Å². The number of anilines is 2. The summed E-state index contributed by atoms with van der Waals surface area (Å²) in [6, 6.07) is 2.13. The van der Waals surface area contributed by atoms with Gasteiger partial charge in [0.2, 0.25) is 5.95 Å². The predicted octanol–water partition coefficient (Wildman–Crippen LogP) is 3.40. The molecule has 0 bridgehead atoms. The summed E-state index contributed by atoms with van der Waals surface area (Å²) in [6.07, 6.45) is 6.19. The van der Waals surface area contributed by atoms with Crippen LogP contribution in [0.25, 0.3) is 0 Å². The standard InChI is InChI=1S/C16H28N4/c1-4-9-20(10-5-2)16-17-14(3)13-15(18-16)19-11-7-6-8-12-19/h13H,4-12H2,1-3H3. The van der Waals surface area contributed by atoms with Gasteiger partial charge in [0.05, 0.1) is 0 Å². The number of aryl methyl sites for hydroxylation is 1. The van der Waals surface area contributed by atoms with Gasteiger partial charge in [-0.3, -0.25) is 0 Å². The van der Waals surface area contributed by atoms with Crippen LogP contribution in [0.4, 0.5) is 11.8 Å². The van der Waals surface area contributed by atoms with Crippen molar-refractivity contribution in [3.63, 3.8) is 0 Å². The molecule has 0 spiro atoms. The first kappa shape index (κ1) is 15.1. The van der Waals surface area contributed by atoms with Crippen LogP contribution < -0.4 is 9.80 Å². The summed E-state index contributed by atoms with van der Waals surface area (Å²) in [5.74, 6) is 2.03. The van der Waals surface area contributed by atoms with E-state index in [0.717, 1.165) is 56.5 Å². The Bertz CT molecular complexity index is 407. The lowest BCUT2D eigenvalue weighted by Gasteiger charge is -2.29. The van der Waals surface area contributed by atoms with Gasteiger partial charge < -0.3 is 9.80 Å². The molecule has 1 aromatic rings. The maximum atomic E-state index is 4.84. The highest BCUT2D eigenvalue weighted by atomic mass is 15.3. The first-order chi connectivity index (χ1) is 9.74. The third-order valence-corrected chi connectivity index (χ3v) is 3.78. The number of aromatic nitrogens is 2. The van der Waals surface area contributed by atoms with Gasteiger partial charge in [0.25, 0.3) is 0 Å². The zero-order chi connectivity index (χ0) is 14.4. The Kier molecular flexibility index (Phi) is 5.62. The number of nitrogens with zero attached hydrogens (tertiary/aromatic N) is 4. The first-order valence-electron chi connectivity index (χ1n) is 8.10. The second-order valence-corrected chi connectivity index (χ2v) is 5.70. The van der Waals surface area contributed by atoms with Crippen LogP contribution >= 0.6 is 0 Å². The van der Waals surface area contributed by atoms with E-state index in [1.165, 1.54) is 19.3 Å². The molecule has 112 valence electrons. The highest BCUT2D eigenvalue weighted by molar-refractivity contribution is 5.46. The lowest BCUT2D eigenvalue weighted by atomic mass is 10.1. The molecule has 0 saturated carbocycles. The summed E-state index contributed by atoms with van der Waals surface area (Å²) in [6.45, 7) is 10.9. The number of hydrogen-bond donors (Lipinski definition) is 0. The minimum Gasteiger partial charge on any atom is -0.356 e. The van der Waals surface area contributed by atoms with Crippen LogP contribution in [0.15, 0.2) is 6.07 Å². The second kappa shape index (κ2) is 7.46. The van der Waals surface area contributed by atoms with E-state index in [1.54, 1.807) is 0 Å². The summed E-state index contributed by atoms with van der Waals surface area (Å²) >= 11 is 0. The smallest absolute Gasteiger partial charge is 0.227 e. The van der Waals surface area contributed by atoms with Crippen molar-refractivity contribution in [1.29, 1.82) is 0 Å². The first-order valence-corrected chi connectivity index (χ1v) is 8.10. The SMILES string of the molecule is CCCN(CCC)c1nc(C)cc(N2CCCCC2)n1. The summed E-state index contributed by atoms with van der Waals surface area (Å²) in [7, 11) is 0. The van der Waals surface area contributed by atoms with Gasteiger partial charge in [0, 0.05) is 37.9 Å². The molecular formula is C16H28N4. The average Bonchev–Trinajstić information content (AvgIpc) is 2.47. The molecule has 1 fully saturated rings. The van der Waals surface area contributed by atoms with Gasteiger partial charge in [0.1, 0.15) is 5.82 Å². The quantitative estimate of drug-likeness (QED) is 0.797. The van der Waals surface area contributed by atoms with Crippen molar-refractivity contribution in [3.05, 3.63) is 11.8 Å². The summed E-state index contributed by atoms with van der Waals surface area (Å²) < 4.78 is 0. The topological polar surface area (TPSA) is 32.3 Å². The molecular weight excluding hydrogens is 248 g/mol. The zero-order valence-corrected chi connectivity index (χ0v) is 13.2. The highest BCUT2D eigenvalue weighted by Crippen LogP contribution is 2.21. The molecule has 1 aliphatic rings. The van der Waals surface area contributed by atoms with Crippen LogP contribution in [-0.2, 0) is 0 Å². The van der Waals surface area contributed by atoms with Crippen LogP contribution in [0.1, 0.15) is 51.6 Å². The van der Waals surface area contributed by atoms with Gasteiger partial charge in [-0.1, -0.05) is 13.8 Å². The molecule has 1 saturated heterocycles. The molecule has 4 heteroatoms. The molecule has 20 heavy (non-hydrogen) atoms. The lowest BCUT2D eigenvalue weighted by Crippen LogP contribution is -2.32. The van der Waals surface area contributed by atoms with Gasteiger partial charge >= 0.3 is 0 Å². The zero-order valence-electron chi connectivity index (χ0n) is 13.2. The van der Waals surface area contributed by atoms with E-state index < -0.39 is 0 Å². The van der Waals surface area contributed by atoms with Crippen LogP contribution in [0.2, 0.25) is 0 Å². The van der Waals surface area contributed by atoms with Crippen molar-refractivity contribution in [2.75, 3.05) is 36.0 Å². The Morgan fingerprint density at radius 2 is 1.70 bits per heavy atom. The molecule has 2 rings (SSSR count). The van der Waals surface area contributed by atoms with Gasteiger partial charge in [-0.25, -0.2) is 4.98 Å². The van der Waals surface area contributed by atoms with Crippen molar-refractivity contribution < 1.29 is 0 Å². The Hall–Kier alpha value is -1.32. The molecule has 1 aromatic heterocycles. The monoisotopic (exact) mass is 276 g/mol. The number of rotatable bonds is 6. The van der Waals surface area contributed by atoms with E-state index >= 15 is 0 Å². The molecule has 0 atom stereocenters. The minimum absolute atomic E-state index is 0.911. The maximum absolute atomic E-state index is 4.84. The molecule has 0 amide bonds. The summed E-state index contributed by atoms with van der Waals surface area (Å²) in [5, 5.41) is 0. The van der Waals surface area contributed by atoms with E-state index in [-0.39, 0.29) is 0 Å². The molecule has 0 N–H and O–H groups in total. The Morgan fingerprint density at radius 3 is 2.30 bits per heavy atom. The van der Waals surface area contributed by atoms with Gasteiger partial charge in [-0.05, 0) is 39.0 Å². The van der Waals surface area contributed by atoms with E-state index in [2.05, 4.69) is 41.6 Å². The normalized spacial score (nSPS) is 15.4. The van der Waals surface area contributed by atoms with E-state index in [9.17, 15) is 0 Å². The van der Waals surface area contributed by atoms with Gasteiger partial charge in [-0.2, -0.15) is 4.98 Å². The lowest BCUT2D eigenvalue weighted by molar-refractivity contribution is 0.572. The molecule has 1 aliphatic heterocycles. The molecule has 0 radical (unpaired) electrons. The highest BCUT2D eigenvalue weighted by Gasteiger charge is 2.16. The molecule has 4 nitrogen and oxygen atoms in total. The predicted molar refractivity (Wildman–Crippen MR) is 85.6 cm³/mol. The molecule has 0 aromatic carbocycles. The Morgan fingerprint density at radius 1 is 1.05 bits per heavy atom. The number of piperidine rings is 1. The third-order valence-electron chi connectivity index (χ3n) is 3.78. The second-order valence-electron chi connectivity index (χ2n) is 5.70. The van der Waals surface area contributed by atoms with Crippen LogP contribution in [-0.4, -0.2) is 36.1 Å². The Labute approximate surface area is 123 Å².